The molecule has 2 fully saturated rings. The van der Waals surface area contributed by atoms with E-state index in [1.807, 2.05) is 12.1 Å². The number of halogens is 1. The molecule has 2 aromatic rings. The molecule has 2 atom stereocenters. The molecule has 40 heavy (non-hydrogen) atoms. The van der Waals surface area contributed by atoms with E-state index >= 15 is 0 Å². The summed E-state index contributed by atoms with van der Waals surface area (Å²) in [4.78, 5) is 40.6. The van der Waals surface area contributed by atoms with Gasteiger partial charge in [-0.3, -0.25) is 19.8 Å². The molecule has 4 rings (SSSR count). The molecule has 1 saturated heterocycles. The van der Waals surface area contributed by atoms with Gasteiger partial charge >= 0.3 is 5.97 Å². The van der Waals surface area contributed by atoms with Gasteiger partial charge in [0.15, 0.2) is 5.96 Å². The number of carboxylic acids is 1. The van der Waals surface area contributed by atoms with Crippen molar-refractivity contribution in [2.24, 2.45) is 11.7 Å². The molecule has 2 aromatic carbocycles. The van der Waals surface area contributed by atoms with Crippen LogP contribution >= 0.6 is 12.4 Å². The van der Waals surface area contributed by atoms with Crippen LogP contribution in [0.3, 0.4) is 0 Å². The lowest BCUT2D eigenvalue weighted by Gasteiger charge is -2.33. The Balaban J connectivity index is 0.00000441. The van der Waals surface area contributed by atoms with Crippen LogP contribution in [-0.4, -0.2) is 85.3 Å². The Morgan fingerprint density at radius 2 is 1.82 bits per heavy atom. The van der Waals surface area contributed by atoms with Crippen molar-refractivity contribution in [2.45, 2.75) is 49.1 Å². The first-order valence-corrected chi connectivity index (χ1v) is 14.4. The fourth-order valence-electron chi connectivity index (χ4n) is 4.85. The zero-order valence-electron chi connectivity index (χ0n) is 21.9. The number of carbonyl (C=O) groups is 3. The fourth-order valence-corrected chi connectivity index (χ4v) is 6.08. The fraction of sp³-hybridized carbons (Fsp3) is 0.462. The Hall–Kier alpha value is -3.42. The summed E-state index contributed by atoms with van der Waals surface area (Å²) in [5.41, 5.74) is 5.59. The number of fused-ring (bicyclic) bond motifs is 1. The summed E-state index contributed by atoms with van der Waals surface area (Å²) in [6.45, 7) is 0.888. The van der Waals surface area contributed by atoms with Crippen LogP contribution in [0, 0.1) is 11.3 Å². The molecule has 1 heterocycles. The van der Waals surface area contributed by atoms with Crippen molar-refractivity contribution >= 4 is 56.9 Å². The molecule has 12 nitrogen and oxygen atoms in total. The van der Waals surface area contributed by atoms with E-state index in [-0.39, 0.29) is 41.8 Å². The number of piperidine rings is 1. The van der Waals surface area contributed by atoms with Gasteiger partial charge in [-0.1, -0.05) is 30.3 Å². The van der Waals surface area contributed by atoms with Crippen molar-refractivity contribution in [2.75, 3.05) is 26.2 Å². The number of nitrogens with zero attached hydrogens (tertiary/aromatic N) is 2. The lowest BCUT2D eigenvalue weighted by Crippen LogP contribution is -2.52. The summed E-state index contributed by atoms with van der Waals surface area (Å²) < 4.78 is 29.1. The van der Waals surface area contributed by atoms with Gasteiger partial charge in [-0.25, -0.2) is 8.42 Å². The molecule has 218 valence electrons. The summed E-state index contributed by atoms with van der Waals surface area (Å²) in [7, 11) is -4.23. The zero-order chi connectivity index (χ0) is 28.2. The first-order valence-electron chi connectivity index (χ1n) is 12.9. The van der Waals surface area contributed by atoms with Crippen molar-refractivity contribution in [3.8, 4) is 0 Å². The minimum absolute atomic E-state index is 0. The van der Waals surface area contributed by atoms with E-state index in [9.17, 15) is 27.9 Å². The Morgan fingerprint density at radius 3 is 2.48 bits per heavy atom. The largest absolute Gasteiger partial charge is 0.480 e. The number of hydrogen-bond acceptors (Lipinski definition) is 6. The number of likely N-dealkylation sites (tertiary alicyclic amines) is 1. The molecule has 2 amide bonds. The van der Waals surface area contributed by atoms with Crippen LogP contribution in [0.25, 0.3) is 10.8 Å². The smallest absolute Gasteiger partial charge is 0.323 e. The van der Waals surface area contributed by atoms with Gasteiger partial charge < -0.3 is 26.0 Å². The van der Waals surface area contributed by atoms with Gasteiger partial charge in [-0.15, -0.1) is 12.4 Å². The molecule has 1 aliphatic carbocycles. The lowest BCUT2D eigenvalue weighted by atomic mass is 9.98. The quantitative estimate of drug-likeness (QED) is 0.189. The van der Waals surface area contributed by atoms with Crippen molar-refractivity contribution in [1.29, 1.82) is 5.41 Å². The molecule has 6 N–H and O–H groups in total. The topological polar surface area (TPSA) is 186 Å². The predicted molar refractivity (Wildman–Crippen MR) is 152 cm³/mol. The first kappa shape index (κ1) is 31.1. The maximum atomic E-state index is 13.5. The summed E-state index contributed by atoms with van der Waals surface area (Å²) in [6.07, 6.45) is 2.39. The maximum Gasteiger partial charge on any atom is 0.323 e. The van der Waals surface area contributed by atoms with Crippen LogP contribution in [0.2, 0.25) is 0 Å². The Morgan fingerprint density at radius 1 is 1.12 bits per heavy atom. The van der Waals surface area contributed by atoms with E-state index in [0.29, 0.717) is 31.3 Å². The zero-order valence-corrected chi connectivity index (χ0v) is 23.5. The number of guanidine groups is 1. The third-order valence-corrected chi connectivity index (χ3v) is 8.51. The van der Waals surface area contributed by atoms with E-state index in [1.165, 1.54) is 12.1 Å². The van der Waals surface area contributed by atoms with Crippen LogP contribution < -0.4 is 15.8 Å². The Labute approximate surface area is 239 Å². The lowest BCUT2D eigenvalue weighted by molar-refractivity contribution is -0.146. The molecule has 0 aromatic heterocycles. The first-order chi connectivity index (χ1) is 18.5. The molecule has 0 radical (unpaired) electrons. The summed E-state index contributed by atoms with van der Waals surface area (Å²) in [5, 5.41) is 21.3. The minimum Gasteiger partial charge on any atom is -0.480 e. The van der Waals surface area contributed by atoms with E-state index in [1.54, 1.807) is 23.1 Å². The molecular formula is C26H35ClN6O6S. The van der Waals surface area contributed by atoms with Crippen LogP contribution in [0.5, 0.6) is 0 Å². The molecule has 1 aliphatic heterocycles. The van der Waals surface area contributed by atoms with Gasteiger partial charge in [-0.2, -0.15) is 4.72 Å². The van der Waals surface area contributed by atoms with Crippen molar-refractivity contribution in [1.82, 2.24) is 19.8 Å². The van der Waals surface area contributed by atoms with Gasteiger partial charge in [0.2, 0.25) is 21.8 Å². The highest BCUT2D eigenvalue weighted by Gasteiger charge is 2.39. The number of benzene rings is 2. The van der Waals surface area contributed by atoms with E-state index in [4.69, 9.17) is 11.1 Å². The number of carboxylic acid groups (broad SMARTS) is 1. The van der Waals surface area contributed by atoms with Crippen molar-refractivity contribution < 1.29 is 27.9 Å². The molecule has 2 aliphatic rings. The van der Waals surface area contributed by atoms with E-state index < -0.39 is 46.8 Å². The van der Waals surface area contributed by atoms with Gasteiger partial charge in [0.25, 0.3) is 0 Å². The van der Waals surface area contributed by atoms with Crippen LogP contribution in [0.4, 0.5) is 0 Å². The normalized spacial score (nSPS) is 17.9. The van der Waals surface area contributed by atoms with E-state index in [2.05, 4.69) is 10.0 Å². The number of sulfonamides is 1. The van der Waals surface area contributed by atoms with Gasteiger partial charge in [0, 0.05) is 25.7 Å². The summed E-state index contributed by atoms with van der Waals surface area (Å²) >= 11 is 0. The molecule has 14 heteroatoms. The molecule has 0 bridgehead atoms. The molecular weight excluding hydrogens is 560 g/mol. The summed E-state index contributed by atoms with van der Waals surface area (Å²) in [5.74, 6) is -2.49. The van der Waals surface area contributed by atoms with Crippen LogP contribution in [0.1, 0.15) is 32.1 Å². The van der Waals surface area contributed by atoms with Crippen LogP contribution in [0.15, 0.2) is 47.4 Å². The average Bonchev–Trinajstić information content (AvgIpc) is 3.75. The highest BCUT2D eigenvalue weighted by atomic mass is 35.5. The average molecular weight is 595 g/mol. The number of rotatable bonds is 11. The SMILES string of the molecule is Cl.N=C(N)N1CCC[C@H](CNC(=O)C[C@H](NS(=O)(=O)c2ccc3ccccc3c2)C(=O)N(CC(=O)O)C2CC2)C1. The van der Waals surface area contributed by atoms with Gasteiger partial charge in [-0.05, 0) is 54.5 Å². The number of carbonyl (C=O) groups excluding carboxylic acids is 2. The number of amides is 2. The van der Waals surface area contributed by atoms with Crippen LogP contribution in [-0.2, 0) is 24.4 Å². The van der Waals surface area contributed by atoms with Gasteiger partial charge in [0.05, 0.1) is 11.3 Å². The minimum atomic E-state index is -4.23. The monoisotopic (exact) mass is 594 g/mol. The maximum absolute atomic E-state index is 13.5. The van der Waals surface area contributed by atoms with E-state index in [0.717, 1.165) is 23.1 Å². The molecule has 1 saturated carbocycles. The Kier molecular flexibility index (Phi) is 10.3. The third kappa shape index (κ3) is 8.05. The second kappa shape index (κ2) is 13.3. The Bertz CT molecular complexity index is 1370. The number of nitrogens with one attached hydrogen (secondary N) is 3. The summed E-state index contributed by atoms with van der Waals surface area (Å²) in [6, 6.07) is 10.0. The number of aliphatic carboxylic acids is 1. The second-order valence-electron chi connectivity index (χ2n) is 10.1. The third-order valence-electron chi connectivity index (χ3n) is 7.04. The van der Waals surface area contributed by atoms with Crippen molar-refractivity contribution in [3.63, 3.8) is 0 Å². The standard InChI is InChI=1S/C26H34N6O6S.ClH/c27-26(28)31-11-3-4-17(15-31)14-29-23(33)13-22(25(36)32(16-24(34)35)20-8-9-20)30-39(37,38)21-10-7-18-5-1-2-6-19(18)12-21;/h1-2,5-7,10,12,17,20,22,30H,3-4,8-9,11,13-16H2,(H3,27,28)(H,29,33)(H,34,35);1H/t17-,22+;/m1./s1. The second-order valence-corrected chi connectivity index (χ2v) is 11.8. The highest BCUT2D eigenvalue weighted by molar-refractivity contribution is 7.89. The molecule has 0 unspecified atom stereocenters. The van der Waals surface area contributed by atoms with Crippen molar-refractivity contribution in [3.05, 3.63) is 42.5 Å². The highest BCUT2D eigenvalue weighted by Crippen LogP contribution is 2.28. The number of nitrogens with two attached hydrogens (primary N) is 1. The molecule has 0 spiro atoms. The van der Waals surface area contributed by atoms with Gasteiger partial charge in [0.1, 0.15) is 12.6 Å². The predicted octanol–water partition coefficient (Wildman–Crippen LogP) is 1.10. The number of hydrogen-bond donors (Lipinski definition) is 5.